The van der Waals surface area contributed by atoms with Gasteiger partial charge in [0.25, 0.3) is 0 Å². The number of hydrogen-bond donors (Lipinski definition) is 1. The van der Waals surface area contributed by atoms with Crippen LogP contribution in [0.15, 0.2) is 18.2 Å². The molecule has 0 heterocycles. The van der Waals surface area contributed by atoms with Crippen LogP contribution in [0.2, 0.25) is 10.0 Å². The van der Waals surface area contributed by atoms with Gasteiger partial charge in [0.05, 0.1) is 12.4 Å². The van der Waals surface area contributed by atoms with Crippen molar-refractivity contribution in [1.29, 1.82) is 0 Å². The molecule has 7 heteroatoms. The zero-order valence-electron chi connectivity index (χ0n) is 9.73. The molecule has 1 rings (SSSR count). The maximum atomic E-state index is 10.7. The Hall–Kier alpha value is -0.490. The summed E-state index contributed by atoms with van der Waals surface area (Å²) in [5.74, 6) is 0.620. The van der Waals surface area contributed by atoms with E-state index in [-0.39, 0.29) is 5.75 Å². The third-order valence-corrected chi connectivity index (χ3v) is 3.47. The van der Waals surface area contributed by atoms with Gasteiger partial charge in [-0.2, -0.15) is 0 Å². The largest absolute Gasteiger partial charge is 0.493 e. The molecule has 0 fully saturated rings. The minimum Gasteiger partial charge on any atom is -0.493 e. The lowest BCUT2D eigenvalue weighted by Crippen LogP contribution is -2.16. The van der Waals surface area contributed by atoms with Gasteiger partial charge in [0, 0.05) is 10.0 Å². The molecular formula is C11H15Cl2NO3S. The number of rotatable bonds is 7. The summed E-state index contributed by atoms with van der Waals surface area (Å²) in [6.07, 6.45) is 2.03. The van der Waals surface area contributed by atoms with E-state index in [0.717, 1.165) is 12.8 Å². The van der Waals surface area contributed by atoms with Crippen LogP contribution in [-0.2, 0) is 10.0 Å². The lowest BCUT2D eigenvalue weighted by Gasteiger charge is -2.06. The molecular weight excluding hydrogens is 297 g/mol. The zero-order chi connectivity index (χ0) is 13.6. The third kappa shape index (κ3) is 7.06. The molecule has 0 aliphatic heterocycles. The fourth-order valence-corrected chi connectivity index (χ4v) is 2.50. The van der Waals surface area contributed by atoms with Gasteiger partial charge in [-0.1, -0.05) is 23.2 Å². The van der Waals surface area contributed by atoms with Crippen molar-refractivity contribution in [3.05, 3.63) is 28.2 Å². The summed E-state index contributed by atoms with van der Waals surface area (Å²) in [6, 6.07) is 4.98. The lowest BCUT2D eigenvalue weighted by atomic mass is 10.3. The van der Waals surface area contributed by atoms with E-state index in [0.29, 0.717) is 28.8 Å². The minimum absolute atomic E-state index is 0.00991. The SMILES string of the molecule is NS(=O)(=O)CCCCCOc1cc(Cl)cc(Cl)c1. The van der Waals surface area contributed by atoms with Crippen molar-refractivity contribution in [2.24, 2.45) is 5.14 Å². The van der Waals surface area contributed by atoms with Gasteiger partial charge in [-0.25, -0.2) is 13.6 Å². The fraction of sp³-hybridized carbons (Fsp3) is 0.455. The highest BCUT2D eigenvalue weighted by molar-refractivity contribution is 7.89. The van der Waals surface area contributed by atoms with E-state index in [4.69, 9.17) is 33.1 Å². The highest BCUT2D eigenvalue weighted by Crippen LogP contribution is 2.24. The maximum Gasteiger partial charge on any atom is 0.209 e. The zero-order valence-corrected chi connectivity index (χ0v) is 12.1. The van der Waals surface area contributed by atoms with Crippen LogP contribution >= 0.6 is 23.2 Å². The van der Waals surface area contributed by atoms with Crippen molar-refractivity contribution in [2.45, 2.75) is 19.3 Å². The first-order chi connectivity index (χ1) is 8.37. The molecule has 0 aromatic heterocycles. The summed E-state index contributed by atoms with van der Waals surface area (Å²) in [6.45, 7) is 0.487. The van der Waals surface area contributed by atoms with Gasteiger partial charge in [0.2, 0.25) is 10.0 Å². The summed E-state index contributed by atoms with van der Waals surface area (Å²) in [5.41, 5.74) is 0. The third-order valence-electron chi connectivity index (χ3n) is 2.18. The molecule has 0 aliphatic rings. The summed E-state index contributed by atoms with van der Waals surface area (Å²) in [4.78, 5) is 0. The molecule has 0 unspecified atom stereocenters. The first-order valence-corrected chi connectivity index (χ1v) is 7.93. The van der Waals surface area contributed by atoms with Crippen molar-refractivity contribution >= 4 is 33.2 Å². The van der Waals surface area contributed by atoms with E-state index in [2.05, 4.69) is 0 Å². The van der Waals surface area contributed by atoms with Crippen LogP contribution in [0.25, 0.3) is 0 Å². The van der Waals surface area contributed by atoms with Crippen molar-refractivity contribution in [3.8, 4) is 5.75 Å². The van der Waals surface area contributed by atoms with E-state index in [1.54, 1.807) is 18.2 Å². The van der Waals surface area contributed by atoms with E-state index < -0.39 is 10.0 Å². The maximum absolute atomic E-state index is 10.7. The Kier molecular flexibility index (Phi) is 6.21. The molecule has 0 bridgehead atoms. The minimum atomic E-state index is -3.35. The molecule has 0 saturated carbocycles. The average Bonchev–Trinajstić information content (AvgIpc) is 2.20. The number of halogens is 2. The van der Waals surface area contributed by atoms with Gasteiger partial charge in [0.15, 0.2) is 0 Å². The van der Waals surface area contributed by atoms with Crippen molar-refractivity contribution in [1.82, 2.24) is 0 Å². The van der Waals surface area contributed by atoms with E-state index in [1.165, 1.54) is 0 Å². The summed E-state index contributed by atoms with van der Waals surface area (Å²) >= 11 is 11.6. The van der Waals surface area contributed by atoms with Crippen LogP contribution in [0.5, 0.6) is 5.75 Å². The number of sulfonamides is 1. The predicted molar refractivity (Wildman–Crippen MR) is 73.8 cm³/mol. The number of ether oxygens (including phenoxy) is 1. The number of benzene rings is 1. The van der Waals surface area contributed by atoms with Gasteiger partial charge >= 0.3 is 0 Å². The smallest absolute Gasteiger partial charge is 0.209 e. The second-order valence-electron chi connectivity index (χ2n) is 3.88. The second kappa shape index (κ2) is 7.19. The standard InChI is InChI=1S/C11H15Cl2NO3S/c12-9-6-10(13)8-11(7-9)17-4-2-1-3-5-18(14,15)16/h6-8H,1-5H2,(H2,14,15,16). The Labute approximate surface area is 117 Å². The highest BCUT2D eigenvalue weighted by Gasteiger charge is 2.02. The highest BCUT2D eigenvalue weighted by atomic mass is 35.5. The molecule has 4 nitrogen and oxygen atoms in total. The molecule has 1 aromatic carbocycles. The fourth-order valence-electron chi connectivity index (χ4n) is 1.38. The van der Waals surface area contributed by atoms with E-state index >= 15 is 0 Å². The van der Waals surface area contributed by atoms with Crippen LogP contribution in [0.1, 0.15) is 19.3 Å². The summed E-state index contributed by atoms with van der Waals surface area (Å²) < 4.78 is 26.8. The number of nitrogens with two attached hydrogens (primary N) is 1. The Balaban J connectivity index is 2.22. The Morgan fingerprint density at radius 1 is 1.06 bits per heavy atom. The van der Waals surface area contributed by atoms with Crippen LogP contribution in [-0.4, -0.2) is 20.8 Å². The van der Waals surface area contributed by atoms with E-state index in [9.17, 15) is 8.42 Å². The van der Waals surface area contributed by atoms with Gasteiger partial charge in [-0.15, -0.1) is 0 Å². The Morgan fingerprint density at radius 2 is 1.67 bits per heavy atom. The average molecular weight is 312 g/mol. The monoisotopic (exact) mass is 311 g/mol. The first kappa shape index (κ1) is 15.6. The molecule has 102 valence electrons. The number of hydrogen-bond acceptors (Lipinski definition) is 3. The van der Waals surface area contributed by atoms with Crippen LogP contribution < -0.4 is 9.88 Å². The Morgan fingerprint density at radius 3 is 2.22 bits per heavy atom. The molecule has 1 aromatic rings. The van der Waals surface area contributed by atoms with Crippen molar-refractivity contribution in [3.63, 3.8) is 0 Å². The molecule has 0 spiro atoms. The molecule has 0 atom stereocenters. The molecule has 0 saturated heterocycles. The van der Waals surface area contributed by atoms with Crippen LogP contribution in [0, 0.1) is 0 Å². The first-order valence-electron chi connectivity index (χ1n) is 5.46. The van der Waals surface area contributed by atoms with Crippen LogP contribution in [0.3, 0.4) is 0 Å². The van der Waals surface area contributed by atoms with Gasteiger partial charge in [-0.3, -0.25) is 0 Å². The van der Waals surface area contributed by atoms with E-state index in [1.807, 2.05) is 0 Å². The predicted octanol–water partition coefficient (Wildman–Crippen LogP) is 2.83. The quantitative estimate of drug-likeness (QED) is 0.787. The van der Waals surface area contributed by atoms with Crippen molar-refractivity contribution in [2.75, 3.05) is 12.4 Å². The topological polar surface area (TPSA) is 69.4 Å². The van der Waals surface area contributed by atoms with Crippen molar-refractivity contribution < 1.29 is 13.2 Å². The second-order valence-corrected chi connectivity index (χ2v) is 6.49. The molecule has 0 amide bonds. The molecule has 0 aliphatic carbocycles. The lowest BCUT2D eigenvalue weighted by molar-refractivity contribution is 0.306. The molecule has 18 heavy (non-hydrogen) atoms. The van der Waals surface area contributed by atoms with Gasteiger partial charge in [0.1, 0.15) is 5.75 Å². The van der Waals surface area contributed by atoms with Gasteiger partial charge in [-0.05, 0) is 37.5 Å². The van der Waals surface area contributed by atoms with Crippen LogP contribution in [0.4, 0.5) is 0 Å². The normalized spacial score (nSPS) is 11.5. The Bertz CT molecular complexity index is 471. The number of unbranched alkanes of at least 4 members (excludes halogenated alkanes) is 2. The summed E-state index contributed by atoms with van der Waals surface area (Å²) in [5, 5.41) is 5.93. The molecule has 0 radical (unpaired) electrons. The number of primary sulfonamides is 1. The van der Waals surface area contributed by atoms with Gasteiger partial charge < -0.3 is 4.74 Å². The molecule has 2 N–H and O–H groups in total. The summed E-state index contributed by atoms with van der Waals surface area (Å²) in [7, 11) is -3.35.